The Kier molecular flexibility index (Phi) is 3.49. The number of urea groups is 1. The number of carbonyl (C=O) groups excluding carboxylic acids is 1. The number of aromatic nitrogens is 5. The summed E-state index contributed by atoms with van der Waals surface area (Å²) in [5.41, 5.74) is 1.66. The van der Waals surface area contributed by atoms with Crippen LogP contribution in [0, 0.1) is 5.92 Å². The molecular formula is C16H17N7O. The largest absolute Gasteiger partial charge is 0.324 e. The van der Waals surface area contributed by atoms with E-state index in [0.717, 1.165) is 5.69 Å². The van der Waals surface area contributed by atoms with E-state index >= 15 is 0 Å². The van der Waals surface area contributed by atoms with Crippen molar-refractivity contribution in [3.05, 3.63) is 48.5 Å². The maximum absolute atomic E-state index is 12.0. The number of H-pyrrole nitrogens is 1. The average molecular weight is 323 g/mol. The van der Waals surface area contributed by atoms with Crippen molar-refractivity contribution >= 4 is 17.5 Å². The summed E-state index contributed by atoms with van der Waals surface area (Å²) in [6, 6.07) is 6.90. The fourth-order valence-electron chi connectivity index (χ4n) is 2.62. The summed E-state index contributed by atoms with van der Waals surface area (Å²) in [6.45, 7) is 2.20. The lowest BCUT2D eigenvalue weighted by Crippen LogP contribution is -2.19. The number of hydrogen-bond donors (Lipinski definition) is 3. The molecule has 0 saturated heterocycles. The number of rotatable bonds is 4. The Hall–Kier alpha value is -3.16. The van der Waals surface area contributed by atoms with E-state index in [1.807, 2.05) is 12.1 Å². The fourth-order valence-corrected chi connectivity index (χ4v) is 2.62. The molecule has 0 bridgehead atoms. The SMILES string of the molecule is C[C@H]1C[C@H]1c1cc(NC(=O)Nc2ccc(-n3cccn3)nc2)n[nH]1. The summed E-state index contributed by atoms with van der Waals surface area (Å²) < 4.78 is 1.65. The molecule has 24 heavy (non-hydrogen) atoms. The van der Waals surface area contributed by atoms with Crippen LogP contribution in [0.2, 0.25) is 0 Å². The molecule has 3 heterocycles. The van der Waals surface area contributed by atoms with E-state index in [2.05, 4.69) is 37.8 Å². The molecule has 2 atom stereocenters. The zero-order chi connectivity index (χ0) is 16.5. The van der Waals surface area contributed by atoms with Crippen molar-refractivity contribution in [1.82, 2.24) is 25.0 Å². The standard InChI is InChI=1S/C16H17N7O/c1-10-7-12(10)13-8-14(22-21-13)20-16(24)19-11-3-4-15(17-9-11)23-6-2-5-18-23/h2-6,8-10,12H,7H2,1H3,(H3,19,20,21,22,24)/t10-,12+/m0/s1. The molecule has 3 aromatic rings. The lowest BCUT2D eigenvalue weighted by atomic mass is 10.2. The van der Waals surface area contributed by atoms with Gasteiger partial charge < -0.3 is 5.32 Å². The van der Waals surface area contributed by atoms with Gasteiger partial charge in [-0.1, -0.05) is 6.92 Å². The highest BCUT2D eigenvalue weighted by Crippen LogP contribution is 2.46. The minimum absolute atomic E-state index is 0.356. The third-order valence-electron chi connectivity index (χ3n) is 4.09. The monoisotopic (exact) mass is 323 g/mol. The molecule has 0 aromatic carbocycles. The van der Waals surface area contributed by atoms with Gasteiger partial charge in [-0.2, -0.15) is 10.2 Å². The average Bonchev–Trinajstić information content (AvgIpc) is 2.99. The molecule has 1 aliphatic carbocycles. The Balaban J connectivity index is 1.36. The van der Waals surface area contributed by atoms with Gasteiger partial charge in [0.2, 0.25) is 0 Å². The second kappa shape index (κ2) is 5.80. The molecule has 1 fully saturated rings. The second-order valence-corrected chi connectivity index (χ2v) is 5.96. The number of carbonyl (C=O) groups is 1. The number of aromatic amines is 1. The molecule has 1 saturated carbocycles. The molecule has 3 aromatic heterocycles. The summed E-state index contributed by atoms with van der Waals surface area (Å²) in [5.74, 6) is 2.42. The Morgan fingerprint density at radius 3 is 2.92 bits per heavy atom. The number of nitrogens with zero attached hydrogens (tertiary/aromatic N) is 4. The molecule has 2 amide bonds. The first-order valence-corrected chi connectivity index (χ1v) is 7.78. The van der Waals surface area contributed by atoms with Crippen LogP contribution in [0.3, 0.4) is 0 Å². The molecule has 8 heteroatoms. The van der Waals surface area contributed by atoms with E-state index in [1.165, 1.54) is 6.42 Å². The molecule has 122 valence electrons. The minimum Gasteiger partial charge on any atom is -0.306 e. The van der Waals surface area contributed by atoms with Gasteiger partial charge in [-0.05, 0) is 30.5 Å². The molecular weight excluding hydrogens is 306 g/mol. The van der Waals surface area contributed by atoms with Crippen LogP contribution in [0.4, 0.5) is 16.3 Å². The van der Waals surface area contributed by atoms with E-state index in [1.54, 1.807) is 35.4 Å². The third-order valence-corrected chi connectivity index (χ3v) is 4.09. The predicted molar refractivity (Wildman–Crippen MR) is 89.1 cm³/mol. The van der Waals surface area contributed by atoms with Crippen molar-refractivity contribution in [3.8, 4) is 5.82 Å². The second-order valence-electron chi connectivity index (χ2n) is 5.96. The van der Waals surface area contributed by atoms with Crippen LogP contribution < -0.4 is 10.6 Å². The number of hydrogen-bond acceptors (Lipinski definition) is 4. The number of nitrogens with one attached hydrogen (secondary N) is 3. The van der Waals surface area contributed by atoms with E-state index in [9.17, 15) is 4.79 Å². The van der Waals surface area contributed by atoms with Crippen molar-refractivity contribution in [1.29, 1.82) is 0 Å². The van der Waals surface area contributed by atoms with Crippen LogP contribution in [0.1, 0.15) is 25.0 Å². The number of anilines is 2. The molecule has 0 aliphatic heterocycles. The molecule has 8 nitrogen and oxygen atoms in total. The first kappa shape index (κ1) is 14.4. The van der Waals surface area contributed by atoms with Crippen molar-refractivity contribution in [3.63, 3.8) is 0 Å². The lowest BCUT2D eigenvalue weighted by molar-refractivity contribution is 0.262. The number of pyridine rings is 1. The van der Waals surface area contributed by atoms with Gasteiger partial charge in [0.1, 0.15) is 0 Å². The molecule has 3 N–H and O–H groups in total. The van der Waals surface area contributed by atoms with Crippen molar-refractivity contribution < 1.29 is 4.79 Å². The van der Waals surface area contributed by atoms with Crippen molar-refractivity contribution in [2.75, 3.05) is 10.6 Å². The number of amides is 2. The van der Waals surface area contributed by atoms with Gasteiger partial charge in [-0.3, -0.25) is 10.4 Å². The lowest BCUT2D eigenvalue weighted by Gasteiger charge is -2.06. The summed E-state index contributed by atoms with van der Waals surface area (Å²) in [4.78, 5) is 16.3. The Morgan fingerprint density at radius 1 is 1.38 bits per heavy atom. The van der Waals surface area contributed by atoms with Crippen LogP contribution in [-0.2, 0) is 0 Å². The highest BCUT2D eigenvalue weighted by atomic mass is 16.2. The predicted octanol–water partition coefficient (Wildman–Crippen LogP) is 2.76. The normalized spacial score (nSPS) is 19.0. The maximum Gasteiger partial charge on any atom is 0.324 e. The quantitative estimate of drug-likeness (QED) is 0.687. The van der Waals surface area contributed by atoms with Gasteiger partial charge in [0.15, 0.2) is 11.6 Å². The molecule has 0 unspecified atom stereocenters. The van der Waals surface area contributed by atoms with Gasteiger partial charge in [0.25, 0.3) is 0 Å². The topological polar surface area (TPSA) is 101 Å². The van der Waals surface area contributed by atoms with E-state index in [4.69, 9.17) is 0 Å². The molecule has 4 rings (SSSR count). The third kappa shape index (κ3) is 2.98. The Labute approximate surface area is 138 Å². The van der Waals surface area contributed by atoms with Crippen molar-refractivity contribution in [2.24, 2.45) is 5.92 Å². The van der Waals surface area contributed by atoms with E-state index in [-0.39, 0.29) is 6.03 Å². The Morgan fingerprint density at radius 2 is 2.25 bits per heavy atom. The van der Waals surface area contributed by atoms with Crippen molar-refractivity contribution in [2.45, 2.75) is 19.3 Å². The van der Waals surface area contributed by atoms with Crippen LogP contribution in [0.25, 0.3) is 5.82 Å². The smallest absolute Gasteiger partial charge is 0.306 e. The summed E-state index contributed by atoms with van der Waals surface area (Å²) >= 11 is 0. The summed E-state index contributed by atoms with van der Waals surface area (Å²) in [6.07, 6.45) is 6.24. The zero-order valence-corrected chi connectivity index (χ0v) is 13.1. The van der Waals surface area contributed by atoms with Crippen LogP contribution in [0.5, 0.6) is 0 Å². The first-order valence-electron chi connectivity index (χ1n) is 7.78. The van der Waals surface area contributed by atoms with E-state index in [0.29, 0.717) is 29.2 Å². The summed E-state index contributed by atoms with van der Waals surface area (Å²) in [7, 11) is 0. The van der Waals surface area contributed by atoms with Gasteiger partial charge in [-0.15, -0.1) is 0 Å². The first-order chi connectivity index (χ1) is 11.7. The van der Waals surface area contributed by atoms with Crippen LogP contribution in [0.15, 0.2) is 42.9 Å². The van der Waals surface area contributed by atoms with Gasteiger partial charge in [0.05, 0.1) is 11.9 Å². The molecule has 0 spiro atoms. The molecule has 1 aliphatic rings. The summed E-state index contributed by atoms with van der Waals surface area (Å²) in [5, 5.41) is 16.6. The fraction of sp³-hybridized carbons (Fsp3) is 0.250. The van der Waals surface area contributed by atoms with Gasteiger partial charge in [-0.25, -0.2) is 14.5 Å². The van der Waals surface area contributed by atoms with Gasteiger partial charge in [0, 0.05) is 30.1 Å². The van der Waals surface area contributed by atoms with Crippen LogP contribution >= 0.6 is 0 Å². The van der Waals surface area contributed by atoms with Crippen LogP contribution in [-0.4, -0.2) is 31.0 Å². The van der Waals surface area contributed by atoms with E-state index < -0.39 is 0 Å². The highest BCUT2D eigenvalue weighted by molar-refractivity contribution is 5.99. The van der Waals surface area contributed by atoms with Gasteiger partial charge >= 0.3 is 6.03 Å². The maximum atomic E-state index is 12.0. The highest BCUT2D eigenvalue weighted by Gasteiger charge is 2.35. The molecule has 0 radical (unpaired) electrons. The zero-order valence-electron chi connectivity index (χ0n) is 13.1. The minimum atomic E-state index is -0.356. The Bertz CT molecular complexity index is 838.